The number of nitrogens with zero attached hydrogens (tertiary/aromatic N) is 2. The maximum absolute atomic E-state index is 12.5. The van der Waals surface area contributed by atoms with Crippen LogP contribution in [-0.4, -0.2) is 20.6 Å². The van der Waals surface area contributed by atoms with Crippen molar-refractivity contribution in [2.45, 2.75) is 39.7 Å². The van der Waals surface area contributed by atoms with E-state index >= 15 is 0 Å². The van der Waals surface area contributed by atoms with Gasteiger partial charge in [0.05, 0.1) is 10.9 Å². The highest BCUT2D eigenvalue weighted by Gasteiger charge is 2.20. The topological polar surface area (TPSA) is 72.2 Å². The Morgan fingerprint density at radius 1 is 1.53 bits per heavy atom. The molecule has 5 nitrogen and oxygen atoms in total. The Labute approximate surface area is 114 Å². The molecule has 0 amide bonds. The molecule has 0 bridgehead atoms. The van der Waals surface area contributed by atoms with E-state index in [0.29, 0.717) is 11.3 Å². The number of aryl methyl sites for hydroxylation is 1. The predicted octanol–water partition coefficient (Wildman–Crippen LogP) is 2.69. The fourth-order valence-electron chi connectivity index (χ4n) is 2.14. The first-order valence-corrected chi connectivity index (χ1v) is 7.11. The summed E-state index contributed by atoms with van der Waals surface area (Å²) in [5.41, 5.74) is -0.197. The van der Waals surface area contributed by atoms with Crippen LogP contribution in [0.5, 0.6) is 0 Å². The average Bonchev–Trinajstić information content (AvgIpc) is 2.73. The van der Waals surface area contributed by atoms with E-state index in [1.54, 1.807) is 4.57 Å². The van der Waals surface area contributed by atoms with Crippen molar-refractivity contribution in [1.29, 1.82) is 0 Å². The Morgan fingerprint density at radius 3 is 2.74 bits per heavy atom. The second kappa shape index (κ2) is 5.13. The van der Waals surface area contributed by atoms with E-state index in [1.165, 1.54) is 16.7 Å². The van der Waals surface area contributed by atoms with Crippen molar-refractivity contribution >= 4 is 27.5 Å². The first kappa shape index (κ1) is 13.7. The van der Waals surface area contributed by atoms with Crippen LogP contribution in [0.4, 0.5) is 0 Å². The van der Waals surface area contributed by atoms with Crippen molar-refractivity contribution in [2.24, 2.45) is 0 Å². The summed E-state index contributed by atoms with van der Waals surface area (Å²) in [5.74, 6) is -0.350. The number of rotatable bonds is 4. The Balaban J connectivity index is 2.84. The van der Waals surface area contributed by atoms with E-state index in [-0.39, 0.29) is 22.6 Å². The molecule has 0 radical (unpaired) electrons. The smallest absolute Gasteiger partial charge is 0.337 e. The van der Waals surface area contributed by atoms with Gasteiger partial charge in [-0.15, -0.1) is 11.3 Å². The summed E-state index contributed by atoms with van der Waals surface area (Å²) in [6.07, 6.45) is 1.60. The molecule has 19 heavy (non-hydrogen) atoms. The number of thiophene rings is 1. The lowest BCUT2D eigenvalue weighted by atomic mass is 10.2. The molecule has 0 fully saturated rings. The van der Waals surface area contributed by atoms with Crippen molar-refractivity contribution in [3.8, 4) is 0 Å². The summed E-state index contributed by atoms with van der Waals surface area (Å²) < 4.78 is 1.60. The van der Waals surface area contributed by atoms with E-state index in [1.807, 2.05) is 20.8 Å². The molecule has 2 rings (SSSR count). The number of aromatic carboxylic acids is 1. The van der Waals surface area contributed by atoms with E-state index in [2.05, 4.69) is 4.98 Å². The van der Waals surface area contributed by atoms with E-state index in [0.717, 1.165) is 12.2 Å². The maximum Gasteiger partial charge on any atom is 0.337 e. The summed E-state index contributed by atoms with van der Waals surface area (Å²) in [6.45, 7) is 5.83. The molecular weight excluding hydrogens is 264 g/mol. The van der Waals surface area contributed by atoms with Gasteiger partial charge < -0.3 is 5.11 Å². The third kappa shape index (κ3) is 2.28. The Bertz CT molecular complexity index is 685. The standard InChI is InChI=1S/C13H16N2O3S/c1-4-5-9-14-11-10(8(6-19-11)13(17)18)12(16)15(9)7(2)3/h6-7H,4-5H2,1-3H3,(H,17,18). The monoisotopic (exact) mass is 280 g/mol. The molecular formula is C13H16N2O3S. The molecule has 0 aliphatic rings. The molecule has 0 aliphatic carbocycles. The SMILES string of the molecule is CCCc1nc2scc(C(=O)O)c2c(=O)n1C(C)C. The van der Waals surface area contributed by atoms with Crippen molar-refractivity contribution < 1.29 is 9.90 Å². The molecule has 2 heterocycles. The van der Waals surface area contributed by atoms with Gasteiger partial charge in [-0.05, 0) is 20.3 Å². The summed E-state index contributed by atoms with van der Waals surface area (Å²) >= 11 is 1.21. The number of carboxylic acids is 1. The number of carboxylic acid groups (broad SMARTS) is 1. The van der Waals surface area contributed by atoms with Gasteiger partial charge in [-0.25, -0.2) is 9.78 Å². The largest absolute Gasteiger partial charge is 0.478 e. The molecule has 0 saturated carbocycles. The number of fused-ring (bicyclic) bond motifs is 1. The van der Waals surface area contributed by atoms with Gasteiger partial charge in [0.2, 0.25) is 0 Å². The average molecular weight is 280 g/mol. The van der Waals surface area contributed by atoms with Crippen LogP contribution in [0, 0.1) is 0 Å². The predicted molar refractivity (Wildman–Crippen MR) is 75.2 cm³/mol. The normalized spacial score (nSPS) is 11.4. The van der Waals surface area contributed by atoms with Crippen LogP contribution in [0.2, 0.25) is 0 Å². The lowest BCUT2D eigenvalue weighted by molar-refractivity contribution is 0.0699. The van der Waals surface area contributed by atoms with E-state index in [9.17, 15) is 9.59 Å². The second-order valence-corrected chi connectivity index (χ2v) is 5.54. The molecule has 6 heteroatoms. The minimum atomic E-state index is -1.08. The fourth-order valence-corrected chi connectivity index (χ4v) is 3.06. The summed E-state index contributed by atoms with van der Waals surface area (Å²) in [7, 11) is 0. The lowest BCUT2D eigenvalue weighted by Gasteiger charge is -2.15. The maximum atomic E-state index is 12.5. The van der Waals surface area contributed by atoms with Crippen molar-refractivity contribution in [2.75, 3.05) is 0 Å². The molecule has 0 spiro atoms. The zero-order valence-electron chi connectivity index (χ0n) is 11.1. The van der Waals surface area contributed by atoms with Gasteiger partial charge in [-0.3, -0.25) is 9.36 Å². The van der Waals surface area contributed by atoms with Gasteiger partial charge in [-0.2, -0.15) is 0 Å². The second-order valence-electron chi connectivity index (χ2n) is 4.68. The van der Waals surface area contributed by atoms with Gasteiger partial charge in [0.15, 0.2) is 0 Å². The van der Waals surface area contributed by atoms with Crippen molar-refractivity contribution in [3.05, 3.63) is 27.1 Å². The van der Waals surface area contributed by atoms with Crippen molar-refractivity contribution in [1.82, 2.24) is 9.55 Å². The minimum absolute atomic E-state index is 0.0347. The van der Waals surface area contributed by atoms with Crippen LogP contribution in [0.15, 0.2) is 10.2 Å². The first-order chi connectivity index (χ1) is 8.97. The zero-order chi connectivity index (χ0) is 14.2. The van der Waals surface area contributed by atoms with Crippen LogP contribution in [0.1, 0.15) is 49.4 Å². The van der Waals surface area contributed by atoms with Crippen LogP contribution in [0.3, 0.4) is 0 Å². The Morgan fingerprint density at radius 2 is 2.21 bits per heavy atom. The zero-order valence-corrected chi connectivity index (χ0v) is 12.0. The number of carbonyl (C=O) groups is 1. The minimum Gasteiger partial charge on any atom is -0.478 e. The molecule has 0 atom stereocenters. The van der Waals surface area contributed by atoms with Crippen LogP contribution in [0.25, 0.3) is 10.2 Å². The molecule has 0 saturated heterocycles. The molecule has 2 aromatic rings. The third-order valence-corrected chi connectivity index (χ3v) is 3.81. The molecule has 0 aliphatic heterocycles. The van der Waals surface area contributed by atoms with E-state index < -0.39 is 5.97 Å². The third-order valence-electron chi connectivity index (χ3n) is 2.93. The fraction of sp³-hybridized carbons (Fsp3) is 0.462. The van der Waals surface area contributed by atoms with Gasteiger partial charge in [-0.1, -0.05) is 6.92 Å². The van der Waals surface area contributed by atoms with Crippen LogP contribution < -0.4 is 5.56 Å². The van der Waals surface area contributed by atoms with Gasteiger partial charge >= 0.3 is 5.97 Å². The van der Waals surface area contributed by atoms with Crippen LogP contribution in [-0.2, 0) is 6.42 Å². The summed E-state index contributed by atoms with van der Waals surface area (Å²) in [6, 6.07) is -0.0347. The Hall–Kier alpha value is -1.69. The molecule has 0 unspecified atom stereocenters. The van der Waals surface area contributed by atoms with E-state index in [4.69, 9.17) is 5.11 Å². The highest BCUT2D eigenvalue weighted by molar-refractivity contribution is 7.17. The highest BCUT2D eigenvalue weighted by Crippen LogP contribution is 2.23. The lowest BCUT2D eigenvalue weighted by Crippen LogP contribution is -2.27. The summed E-state index contributed by atoms with van der Waals surface area (Å²) in [4.78, 5) is 28.7. The molecule has 0 aromatic carbocycles. The molecule has 1 N–H and O–H groups in total. The molecule has 2 aromatic heterocycles. The van der Waals surface area contributed by atoms with Gasteiger partial charge in [0.25, 0.3) is 5.56 Å². The van der Waals surface area contributed by atoms with Crippen molar-refractivity contribution in [3.63, 3.8) is 0 Å². The quantitative estimate of drug-likeness (QED) is 0.934. The number of hydrogen-bond acceptors (Lipinski definition) is 4. The van der Waals surface area contributed by atoms with Gasteiger partial charge in [0.1, 0.15) is 10.7 Å². The van der Waals surface area contributed by atoms with Gasteiger partial charge in [0, 0.05) is 17.8 Å². The van der Waals surface area contributed by atoms with Crippen LogP contribution >= 0.6 is 11.3 Å². The first-order valence-electron chi connectivity index (χ1n) is 6.23. The number of aromatic nitrogens is 2. The highest BCUT2D eigenvalue weighted by atomic mass is 32.1. The number of hydrogen-bond donors (Lipinski definition) is 1. The molecule has 102 valence electrons. The summed E-state index contributed by atoms with van der Waals surface area (Å²) in [5, 5.41) is 10.8. The Kier molecular flexibility index (Phi) is 3.71.